The molecule has 0 spiro atoms. The van der Waals surface area contributed by atoms with E-state index in [1.807, 2.05) is 32.9 Å². The van der Waals surface area contributed by atoms with E-state index < -0.39 is 6.04 Å². The smallest absolute Gasteiger partial charge is 0.251 e. The molecule has 0 aliphatic heterocycles. The van der Waals surface area contributed by atoms with Crippen molar-refractivity contribution in [3.8, 4) is 0 Å². The summed E-state index contributed by atoms with van der Waals surface area (Å²) in [7, 11) is 1.54. The summed E-state index contributed by atoms with van der Waals surface area (Å²) in [6, 6.07) is 11.2. The van der Waals surface area contributed by atoms with Crippen molar-refractivity contribution >= 4 is 50.9 Å². The minimum Gasteiger partial charge on any atom is -0.340 e. The third kappa shape index (κ3) is 6.57. The molecule has 0 saturated carbocycles. The number of amides is 3. The summed E-state index contributed by atoms with van der Waals surface area (Å²) < 4.78 is 0.918. The van der Waals surface area contributed by atoms with Crippen LogP contribution >= 0.6 is 27.5 Å². The molecule has 0 fully saturated rings. The van der Waals surface area contributed by atoms with Crippen molar-refractivity contribution in [2.75, 3.05) is 18.9 Å². The van der Waals surface area contributed by atoms with E-state index in [0.717, 1.165) is 10.0 Å². The lowest BCUT2D eigenvalue weighted by atomic mass is 10.0. The SMILES string of the molecule is Cc1cc(Br)ccc1NC(=O)CN(C)C(=O)C(NC(=O)c1ccc(Cl)cc1)C(C)C. The minimum atomic E-state index is -0.764. The van der Waals surface area contributed by atoms with Crippen LogP contribution in [0.5, 0.6) is 0 Å². The number of nitrogens with one attached hydrogen (secondary N) is 2. The standard InChI is InChI=1S/C22H25BrClN3O3/c1-13(2)20(26-21(29)15-5-8-17(24)9-6-15)22(30)27(4)12-19(28)25-18-10-7-16(23)11-14(18)3/h5-11,13,20H,12H2,1-4H3,(H,25,28)(H,26,29). The molecule has 1 atom stereocenters. The van der Waals surface area contributed by atoms with Gasteiger partial charge in [0.2, 0.25) is 11.8 Å². The lowest BCUT2D eigenvalue weighted by molar-refractivity contribution is -0.135. The van der Waals surface area contributed by atoms with Crippen molar-refractivity contribution in [2.45, 2.75) is 26.8 Å². The van der Waals surface area contributed by atoms with Gasteiger partial charge >= 0.3 is 0 Å². The van der Waals surface area contributed by atoms with Crippen LogP contribution in [0, 0.1) is 12.8 Å². The number of nitrogens with zero attached hydrogens (tertiary/aromatic N) is 1. The van der Waals surface area contributed by atoms with Gasteiger partial charge in [-0.2, -0.15) is 0 Å². The molecule has 6 nitrogen and oxygen atoms in total. The van der Waals surface area contributed by atoms with Gasteiger partial charge in [-0.1, -0.05) is 41.4 Å². The maximum absolute atomic E-state index is 12.9. The number of hydrogen-bond donors (Lipinski definition) is 2. The molecule has 0 aliphatic rings. The lowest BCUT2D eigenvalue weighted by Crippen LogP contribution is -2.51. The topological polar surface area (TPSA) is 78.5 Å². The van der Waals surface area contributed by atoms with Crippen LogP contribution in [0.15, 0.2) is 46.9 Å². The van der Waals surface area contributed by atoms with Gasteiger partial charge in [0, 0.05) is 27.8 Å². The Balaban J connectivity index is 2.02. The summed E-state index contributed by atoms with van der Waals surface area (Å²) in [6.45, 7) is 5.43. The van der Waals surface area contributed by atoms with Crippen molar-refractivity contribution < 1.29 is 14.4 Å². The number of carbonyl (C=O) groups is 3. The minimum absolute atomic E-state index is 0.131. The fourth-order valence-corrected chi connectivity index (χ4v) is 3.43. The highest BCUT2D eigenvalue weighted by atomic mass is 79.9. The van der Waals surface area contributed by atoms with Crippen LogP contribution in [0.3, 0.4) is 0 Å². The van der Waals surface area contributed by atoms with Crippen LogP contribution in [0.1, 0.15) is 29.8 Å². The summed E-state index contributed by atoms with van der Waals surface area (Å²) in [4.78, 5) is 39.2. The Morgan fingerprint density at radius 1 is 1.10 bits per heavy atom. The second-order valence-corrected chi connectivity index (χ2v) is 8.76. The predicted octanol–water partition coefficient (Wildman–Crippen LogP) is 4.26. The Morgan fingerprint density at radius 2 is 1.73 bits per heavy atom. The first-order valence-electron chi connectivity index (χ1n) is 9.46. The number of likely N-dealkylation sites (N-methyl/N-ethyl adjacent to an activating group) is 1. The maximum Gasteiger partial charge on any atom is 0.251 e. The molecule has 2 rings (SSSR count). The predicted molar refractivity (Wildman–Crippen MR) is 123 cm³/mol. The number of rotatable bonds is 7. The Morgan fingerprint density at radius 3 is 2.30 bits per heavy atom. The van der Waals surface area contributed by atoms with Crippen molar-refractivity contribution in [3.05, 3.63) is 63.1 Å². The van der Waals surface area contributed by atoms with E-state index in [0.29, 0.717) is 16.3 Å². The first-order valence-corrected chi connectivity index (χ1v) is 10.6. The Kier molecular flexibility index (Phi) is 8.43. The molecule has 3 amide bonds. The van der Waals surface area contributed by atoms with E-state index in [9.17, 15) is 14.4 Å². The molecule has 160 valence electrons. The van der Waals surface area contributed by atoms with Crippen LogP contribution in [-0.2, 0) is 9.59 Å². The number of halogens is 2. The van der Waals surface area contributed by atoms with Gasteiger partial charge in [-0.15, -0.1) is 0 Å². The summed E-state index contributed by atoms with van der Waals surface area (Å²) in [5.41, 5.74) is 1.99. The highest BCUT2D eigenvalue weighted by molar-refractivity contribution is 9.10. The van der Waals surface area contributed by atoms with Crippen molar-refractivity contribution in [2.24, 2.45) is 5.92 Å². The van der Waals surface area contributed by atoms with Crippen LogP contribution in [0.2, 0.25) is 5.02 Å². The fraction of sp³-hybridized carbons (Fsp3) is 0.318. The monoisotopic (exact) mass is 493 g/mol. The quantitative estimate of drug-likeness (QED) is 0.604. The van der Waals surface area contributed by atoms with Crippen molar-refractivity contribution in [1.29, 1.82) is 0 Å². The molecule has 30 heavy (non-hydrogen) atoms. The van der Waals surface area contributed by atoms with E-state index >= 15 is 0 Å². The van der Waals surface area contributed by atoms with Crippen LogP contribution in [-0.4, -0.2) is 42.3 Å². The van der Waals surface area contributed by atoms with Gasteiger partial charge in [-0.3, -0.25) is 14.4 Å². The number of aryl methyl sites for hydroxylation is 1. The lowest BCUT2D eigenvalue weighted by Gasteiger charge is -2.27. The van der Waals surface area contributed by atoms with Crippen LogP contribution in [0.25, 0.3) is 0 Å². The second-order valence-electron chi connectivity index (χ2n) is 7.40. The fourth-order valence-electron chi connectivity index (χ4n) is 2.83. The number of hydrogen-bond acceptors (Lipinski definition) is 3. The van der Waals surface area contributed by atoms with Crippen molar-refractivity contribution in [3.63, 3.8) is 0 Å². The van der Waals surface area contributed by atoms with Crippen LogP contribution < -0.4 is 10.6 Å². The first kappa shape index (κ1) is 23.9. The molecular formula is C22H25BrClN3O3. The van der Waals surface area contributed by atoms with E-state index in [-0.39, 0.29) is 30.2 Å². The number of benzene rings is 2. The summed E-state index contributed by atoms with van der Waals surface area (Å²) in [5, 5.41) is 6.09. The molecule has 1 unspecified atom stereocenters. The molecule has 0 saturated heterocycles. The van der Waals surface area contributed by atoms with E-state index in [4.69, 9.17) is 11.6 Å². The average molecular weight is 495 g/mol. The van der Waals surface area contributed by atoms with E-state index in [2.05, 4.69) is 26.6 Å². The Labute approximate surface area is 190 Å². The van der Waals surface area contributed by atoms with Gasteiger partial charge < -0.3 is 15.5 Å². The number of anilines is 1. The Hall–Kier alpha value is -2.38. The summed E-state index contributed by atoms with van der Waals surface area (Å²) in [5.74, 6) is -1.19. The molecule has 2 N–H and O–H groups in total. The first-order chi connectivity index (χ1) is 14.1. The molecule has 0 aromatic heterocycles. The molecule has 0 bridgehead atoms. The third-order valence-corrected chi connectivity index (χ3v) is 5.29. The molecule has 8 heteroatoms. The zero-order valence-electron chi connectivity index (χ0n) is 17.3. The van der Waals surface area contributed by atoms with E-state index in [1.54, 1.807) is 37.4 Å². The molecule has 0 radical (unpaired) electrons. The van der Waals surface area contributed by atoms with Gasteiger partial charge in [0.05, 0.1) is 6.54 Å². The van der Waals surface area contributed by atoms with Crippen LogP contribution in [0.4, 0.5) is 5.69 Å². The zero-order chi connectivity index (χ0) is 22.4. The van der Waals surface area contributed by atoms with Gasteiger partial charge in [0.1, 0.15) is 6.04 Å². The van der Waals surface area contributed by atoms with Gasteiger partial charge in [-0.05, 0) is 60.9 Å². The molecule has 2 aromatic rings. The average Bonchev–Trinajstić information content (AvgIpc) is 2.67. The van der Waals surface area contributed by atoms with Gasteiger partial charge in [0.15, 0.2) is 0 Å². The van der Waals surface area contributed by atoms with Gasteiger partial charge in [0.25, 0.3) is 5.91 Å². The molecule has 0 aliphatic carbocycles. The molecule has 2 aromatic carbocycles. The maximum atomic E-state index is 12.9. The second kappa shape index (κ2) is 10.6. The normalized spacial score (nSPS) is 11.7. The van der Waals surface area contributed by atoms with Gasteiger partial charge in [-0.25, -0.2) is 0 Å². The van der Waals surface area contributed by atoms with Crippen molar-refractivity contribution in [1.82, 2.24) is 10.2 Å². The summed E-state index contributed by atoms with van der Waals surface area (Å²) in [6.07, 6.45) is 0. The molecule has 0 heterocycles. The highest BCUT2D eigenvalue weighted by Crippen LogP contribution is 2.20. The molecular weight excluding hydrogens is 470 g/mol. The Bertz CT molecular complexity index is 932. The van der Waals surface area contributed by atoms with E-state index in [1.165, 1.54) is 4.90 Å². The zero-order valence-corrected chi connectivity index (χ0v) is 19.7. The third-order valence-electron chi connectivity index (χ3n) is 4.55. The largest absolute Gasteiger partial charge is 0.340 e. The highest BCUT2D eigenvalue weighted by Gasteiger charge is 2.28. The number of carbonyl (C=O) groups excluding carboxylic acids is 3. The summed E-state index contributed by atoms with van der Waals surface area (Å²) >= 11 is 9.24.